The number of rotatable bonds is 3. The molecule has 1 heterocycles. The molecule has 20 heavy (non-hydrogen) atoms. The minimum Gasteiger partial charge on any atom is -0.467 e. The molecule has 0 spiro atoms. The van der Waals surface area contributed by atoms with Crippen LogP contribution in [0.4, 0.5) is 10.1 Å². The number of sulfone groups is 1. The van der Waals surface area contributed by atoms with Crippen LogP contribution in [-0.2, 0) is 19.4 Å². The number of benzene rings is 1. The molecule has 0 aromatic heterocycles. The highest BCUT2D eigenvalue weighted by atomic mass is 32.2. The first-order chi connectivity index (χ1) is 9.37. The molecule has 1 aliphatic rings. The maximum atomic E-state index is 13.2. The lowest BCUT2D eigenvalue weighted by molar-refractivity contribution is -0.145. The molecule has 5 nitrogen and oxygen atoms in total. The van der Waals surface area contributed by atoms with Gasteiger partial charge in [0, 0.05) is 5.69 Å². The van der Waals surface area contributed by atoms with Crippen LogP contribution < -0.4 is 5.32 Å². The molecule has 7 heteroatoms. The van der Waals surface area contributed by atoms with Crippen molar-refractivity contribution < 1.29 is 22.3 Å². The summed E-state index contributed by atoms with van der Waals surface area (Å²) in [7, 11) is -2.13. The Kier molecular flexibility index (Phi) is 3.99. The van der Waals surface area contributed by atoms with Crippen molar-refractivity contribution in [1.82, 2.24) is 0 Å². The standard InChI is InChI=1S/C13H16FNO4S/c1-19-12(16)13(6-3-7-20(17,18)9-13)15-11-5-2-4-10(14)8-11/h2,4-5,8,15H,3,6-7,9H2,1H3. The fourth-order valence-corrected chi connectivity index (χ4v) is 4.28. The van der Waals surface area contributed by atoms with Gasteiger partial charge in [-0.05, 0) is 31.0 Å². The predicted molar refractivity (Wildman–Crippen MR) is 72.7 cm³/mol. The molecule has 1 fully saturated rings. The second-order valence-electron chi connectivity index (χ2n) is 4.90. The molecule has 1 aromatic rings. The Balaban J connectivity index is 2.35. The van der Waals surface area contributed by atoms with Crippen molar-refractivity contribution in [2.75, 3.05) is 23.9 Å². The second kappa shape index (κ2) is 5.40. The summed E-state index contributed by atoms with van der Waals surface area (Å²) >= 11 is 0. The van der Waals surface area contributed by atoms with Gasteiger partial charge in [-0.2, -0.15) is 0 Å². The van der Waals surface area contributed by atoms with Gasteiger partial charge >= 0.3 is 5.97 Å². The van der Waals surface area contributed by atoms with Gasteiger partial charge in [-0.15, -0.1) is 0 Å². The Morgan fingerprint density at radius 2 is 2.20 bits per heavy atom. The van der Waals surface area contributed by atoms with Gasteiger partial charge in [0.1, 0.15) is 11.4 Å². The van der Waals surface area contributed by atoms with Gasteiger partial charge in [-0.1, -0.05) is 6.07 Å². The lowest BCUT2D eigenvalue weighted by Gasteiger charge is -2.35. The fraction of sp³-hybridized carbons (Fsp3) is 0.462. The highest BCUT2D eigenvalue weighted by molar-refractivity contribution is 7.91. The van der Waals surface area contributed by atoms with E-state index in [4.69, 9.17) is 4.74 Å². The van der Waals surface area contributed by atoms with Gasteiger partial charge in [0.15, 0.2) is 9.84 Å². The molecule has 2 rings (SSSR count). The number of methoxy groups -OCH3 is 1. The van der Waals surface area contributed by atoms with Crippen LogP contribution in [0.2, 0.25) is 0 Å². The van der Waals surface area contributed by atoms with Crippen LogP contribution in [0.1, 0.15) is 12.8 Å². The van der Waals surface area contributed by atoms with Crippen molar-refractivity contribution in [3.63, 3.8) is 0 Å². The largest absolute Gasteiger partial charge is 0.467 e. The minimum absolute atomic E-state index is 0.0522. The summed E-state index contributed by atoms with van der Waals surface area (Å²) in [5.41, 5.74) is -0.993. The SMILES string of the molecule is COC(=O)C1(Nc2cccc(F)c2)CCCS(=O)(=O)C1. The van der Waals surface area contributed by atoms with Gasteiger partial charge in [0.25, 0.3) is 0 Å². The number of nitrogens with one attached hydrogen (secondary N) is 1. The van der Waals surface area contributed by atoms with Crippen LogP contribution in [0.3, 0.4) is 0 Å². The smallest absolute Gasteiger partial charge is 0.332 e. The molecule has 1 atom stereocenters. The molecule has 1 aromatic carbocycles. The Labute approximate surface area is 117 Å². The Morgan fingerprint density at radius 3 is 2.80 bits per heavy atom. The quantitative estimate of drug-likeness (QED) is 0.853. The number of carbonyl (C=O) groups is 1. The van der Waals surface area contributed by atoms with Crippen molar-refractivity contribution in [3.05, 3.63) is 30.1 Å². The van der Waals surface area contributed by atoms with E-state index in [9.17, 15) is 17.6 Å². The summed E-state index contributed by atoms with van der Waals surface area (Å²) in [6.45, 7) is 0. The van der Waals surface area contributed by atoms with Crippen molar-refractivity contribution >= 4 is 21.5 Å². The van der Waals surface area contributed by atoms with E-state index in [1.165, 1.54) is 25.3 Å². The number of halogens is 1. The average molecular weight is 301 g/mol. The lowest BCUT2D eigenvalue weighted by Crippen LogP contribution is -2.55. The van der Waals surface area contributed by atoms with E-state index in [1.54, 1.807) is 6.07 Å². The molecule has 1 unspecified atom stereocenters. The van der Waals surface area contributed by atoms with E-state index >= 15 is 0 Å². The summed E-state index contributed by atoms with van der Waals surface area (Å²) in [6.07, 6.45) is 0.690. The van der Waals surface area contributed by atoms with Crippen molar-refractivity contribution in [2.45, 2.75) is 18.4 Å². The third kappa shape index (κ3) is 3.09. The summed E-state index contributed by atoms with van der Waals surface area (Å²) in [5.74, 6) is -1.40. The number of ether oxygens (including phenoxy) is 1. The zero-order valence-corrected chi connectivity index (χ0v) is 11.9. The molecular weight excluding hydrogens is 285 g/mol. The second-order valence-corrected chi connectivity index (χ2v) is 7.09. The van der Waals surface area contributed by atoms with Crippen LogP contribution in [0.15, 0.2) is 24.3 Å². The van der Waals surface area contributed by atoms with E-state index in [2.05, 4.69) is 5.32 Å². The minimum atomic E-state index is -3.33. The monoisotopic (exact) mass is 301 g/mol. The molecule has 0 bridgehead atoms. The van der Waals surface area contributed by atoms with Gasteiger partial charge < -0.3 is 10.1 Å². The zero-order chi connectivity index (χ0) is 14.8. The topological polar surface area (TPSA) is 72.5 Å². The van der Waals surface area contributed by atoms with Gasteiger partial charge in [0.2, 0.25) is 0 Å². The third-order valence-electron chi connectivity index (χ3n) is 3.31. The first-order valence-electron chi connectivity index (χ1n) is 6.19. The average Bonchev–Trinajstić information content (AvgIpc) is 2.36. The van der Waals surface area contributed by atoms with Crippen LogP contribution in [0, 0.1) is 5.82 Å². The number of anilines is 1. The van der Waals surface area contributed by atoms with Gasteiger partial charge in [-0.25, -0.2) is 17.6 Å². The van der Waals surface area contributed by atoms with E-state index in [0.29, 0.717) is 18.5 Å². The molecule has 0 aliphatic carbocycles. The first-order valence-corrected chi connectivity index (χ1v) is 8.02. The highest BCUT2D eigenvalue weighted by Gasteiger charge is 2.46. The van der Waals surface area contributed by atoms with Crippen molar-refractivity contribution in [2.24, 2.45) is 0 Å². The molecule has 1 aliphatic heterocycles. The molecule has 0 saturated carbocycles. The number of hydrogen-bond donors (Lipinski definition) is 1. The van der Waals surface area contributed by atoms with Crippen LogP contribution in [0.25, 0.3) is 0 Å². The Morgan fingerprint density at radius 1 is 1.45 bits per heavy atom. The summed E-state index contributed by atoms with van der Waals surface area (Å²) < 4.78 is 41.6. The lowest BCUT2D eigenvalue weighted by atomic mass is 9.95. The van der Waals surface area contributed by atoms with E-state index in [0.717, 1.165) is 0 Å². The van der Waals surface area contributed by atoms with Gasteiger partial charge in [-0.3, -0.25) is 0 Å². The van der Waals surface area contributed by atoms with Crippen molar-refractivity contribution in [3.8, 4) is 0 Å². The maximum Gasteiger partial charge on any atom is 0.332 e. The van der Waals surface area contributed by atoms with E-state index in [1.807, 2.05) is 0 Å². The maximum absolute atomic E-state index is 13.2. The van der Waals surface area contributed by atoms with Crippen LogP contribution in [-0.4, -0.2) is 38.5 Å². The number of hydrogen-bond acceptors (Lipinski definition) is 5. The molecule has 0 radical (unpaired) electrons. The van der Waals surface area contributed by atoms with Gasteiger partial charge in [0.05, 0.1) is 18.6 Å². The number of esters is 1. The predicted octanol–water partition coefficient (Wildman–Crippen LogP) is 1.36. The van der Waals surface area contributed by atoms with E-state index in [-0.39, 0.29) is 11.5 Å². The van der Waals surface area contributed by atoms with Crippen LogP contribution >= 0.6 is 0 Å². The molecule has 110 valence electrons. The summed E-state index contributed by atoms with van der Waals surface area (Å²) in [5, 5.41) is 2.85. The van der Waals surface area contributed by atoms with E-state index < -0.39 is 27.2 Å². The first kappa shape index (κ1) is 14.8. The third-order valence-corrected chi connectivity index (χ3v) is 5.15. The molecule has 0 amide bonds. The molecule has 1 saturated heterocycles. The summed E-state index contributed by atoms with van der Waals surface area (Å²) in [4.78, 5) is 12.0. The normalized spacial score (nSPS) is 24.9. The molecule has 1 N–H and O–H groups in total. The van der Waals surface area contributed by atoms with Crippen molar-refractivity contribution in [1.29, 1.82) is 0 Å². The highest BCUT2D eigenvalue weighted by Crippen LogP contribution is 2.29. The van der Waals surface area contributed by atoms with Crippen LogP contribution in [0.5, 0.6) is 0 Å². The Bertz CT molecular complexity index is 617. The summed E-state index contributed by atoms with van der Waals surface area (Å²) in [6, 6.07) is 5.55. The fourth-order valence-electron chi connectivity index (χ4n) is 2.46. The zero-order valence-electron chi connectivity index (χ0n) is 11.1. The molecular formula is C13H16FNO4S. The Hall–Kier alpha value is -1.63. The number of carbonyl (C=O) groups excluding carboxylic acids is 1.